The minimum absolute atomic E-state index is 0.0671. The number of amides is 2. The van der Waals surface area contributed by atoms with E-state index in [-0.39, 0.29) is 23.1 Å². The van der Waals surface area contributed by atoms with Crippen LogP contribution in [0.4, 0.5) is 5.69 Å². The second-order valence-corrected chi connectivity index (χ2v) is 11.7. The number of benzene rings is 3. The van der Waals surface area contributed by atoms with Crippen LogP contribution < -0.4 is 19.1 Å². The van der Waals surface area contributed by atoms with Gasteiger partial charge in [-0.3, -0.25) is 13.9 Å². The highest BCUT2D eigenvalue weighted by atomic mass is 32.2. The van der Waals surface area contributed by atoms with Gasteiger partial charge in [-0.15, -0.1) is 0 Å². The van der Waals surface area contributed by atoms with E-state index in [1.807, 2.05) is 45.0 Å². The van der Waals surface area contributed by atoms with Crippen molar-refractivity contribution in [3.63, 3.8) is 0 Å². The Kier molecular flexibility index (Phi) is 10.8. The molecule has 0 aliphatic heterocycles. The van der Waals surface area contributed by atoms with Gasteiger partial charge in [0.1, 0.15) is 12.6 Å². The van der Waals surface area contributed by atoms with Crippen molar-refractivity contribution >= 4 is 27.5 Å². The molecule has 0 heterocycles. The summed E-state index contributed by atoms with van der Waals surface area (Å²) in [6, 6.07) is 18.0. The van der Waals surface area contributed by atoms with Gasteiger partial charge >= 0.3 is 0 Å². The Labute approximate surface area is 243 Å². The van der Waals surface area contributed by atoms with E-state index >= 15 is 0 Å². The first-order chi connectivity index (χ1) is 19.5. The maximum absolute atomic E-state index is 14.1. The third-order valence-corrected chi connectivity index (χ3v) is 8.47. The van der Waals surface area contributed by atoms with Crippen molar-refractivity contribution in [1.82, 2.24) is 10.2 Å². The zero-order valence-corrected chi connectivity index (χ0v) is 25.3. The number of methoxy groups -OCH3 is 2. The quantitative estimate of drug-likeness (QED) is 0.320. The van der Waals surface area contributed by atoms with Crippen LogP contribution in [0.25, 0.3) is 0 Å². The number of anilines is 1. The monoisotopic (exact) mass is 581 g/mol. The highest BCUT2D eigenvalue weighted by Gasteiger charge is 2.33. The zero-order chi connectivity index (χ0) is 30.2. The molecule has 220 valence electrons. The molecule has 0 radical (unpaired) electrons. The fraction of sp³-hybridized carbons (Fsp3) is 0.355. The molecule has 9 nitrogen and oxygen atoms in total. The predicted octanol–water partition coefficient (Wildman–Crippen LogP) is 4.46. The highest BCUT2D eigenvalue weighted by Crippen LogP contribution is 2.32. The van der Waals surface area contributed by atoms with E-state index in [1.54, 1.807) is 31.2 Å². The lowest BCUT2D eigenvalue weighted by atomic mass is 10.1. The summed E-state index contributed by atoms with van der Waals surface area (Å²) in [4.78, 5) is 28.3. The van der Waals surface area contributed by atoms with E-state index in [0.717, 1.165) is 27.4 Å². The van der Waals surface area contributed by atoms with E-state index in [2.05, 4.69) is 5.32 Å². The van der Waals surface area contributed by atoms with Crippen molar-refractivity contribution in [3.8, 4) is 11.5 Å². The molecule has 1 atom stereocenters. The van der Waals surface area contributed by atoms with Gasteiger partial charge in [0.2, 0.25) is 11.8 Å². The lowest BCUT2D eigenvalue weighted by molar-refractivity contribution is -0.139. The maximum atomic E-state index is 14.1. The van der Waals surface area contributed by atoms with Crippen molar-refractivity contribution in [2.24, 2.45) is 0 Å². The smallest absolute Gasteiger partial charge is 0.264 e. The average molecular weight is 582 g/mol. The summed E-state index contributed by atoms with van der Waals surface area (Å²) >= 11 is 0. The highest BCUT2D eigenvalue weighted by molar-refractivity contribution is 7.92. The summed E-state index contributed by atoms with van der Waals surface area (Å²) in [5, 5.41) is 2.84. The second kappa shape index (κ2) is 14.0. The molecule has 0 fully saturated rings. The Bertz CT molecular complexity index is 1460. The molecule has 0 aliphatic carbocycles. The van der Waals surface area contributed by atoms with Gasteiger partial charge in [-0.2, -0.15) is 0 Å². The summed E-state index contributed by atoms with van der Waals surface area (Å²) in [7, 11) is -1.36. The fourth-order valence-corrected chi connectivity index (χ4v) is 5.76. The molecular formula is C31H39N3O6S. The SMILES string of the molecule is CCCNC(=O)[C@H](C)N(Cc1cccc(C)c1)C(=O)CN(c1ccc(C)cc1)S(=O)(=O)c1ccc(OC)c(OC)c1. The molecule has 3 aromatic carbocycles. The number of hydrogen-bond donors (Lipinski definition) is 1. The number of aryl methyl sites for hydroxylation is 2. The zero-order valence-electron chi connectivity index (χ0n) is 24.5. The van der Waals surface area contributed by atoms with Crippen LogP contribution in [0.2, 0.25) is 0 Å². The Morgan fingerprint density at radius 1 is 0.902 bits per heavy atom. The number of carbonyl (C=O) groups excluding carboxylic acids is 2. The van der Waals surface area contributed by atoms with Gasteiger partial charge in [0.15, 0.2) is 11.5 Å². The van der Waals surface area contributed by atoms with Crippen molar-refractivity contribution in [3.05, 3.63) is 83.4 Å². The number of nitrogens with zero attached hydrogens (tertiary/aromatic N) is 2. The van der Waals surface area contributed by atoms with E-state index in [1.165, 1.54) is 37.3 Å². The first kappa shape index (κ1) is 31.5. The first-order valence-corrected chi connectivity index (χ1v) is 14.9. The van der Waals surface area contributed by atoms with Crippen LogP contribution in [-0.4, -0.2) is 58.5 Å². The molecular weight excluding hydrogens is 542 g/mol. The molecule has 3 aromatic rings. The van der Waals surface area contributed by atoms with Gasteiger partial charge in [0.05, 0.1) is 24.8 Å². The van der Waals surface area contributed by atoms with E-state index in [4.69, 9.17) is 9.47 Å². The Balaban J connectivity index is 2.06. The average Bonchev–Trinajstić information content (AvgIpc) is 2.97. The molecule has 0 aliphatic rings. The molecule has 2 amide bonds. The predicted molar refractivity (Wildman–Crippen MR) is 160 cm³/mol. The maximum Gasteiger partial charge on any atom is 0.264 e. The van der Waals surface area contributed by atoms with Crippen LogP contribution in [0.3, 0.4) is 0 Å². The normalized spacial score (nSPS) is 11.9. The van der Waals surface area contributed by atoms with Gasteiger partial charge in [0, 0.05) is 19.2 Å². The third kappa shape index (κ3) is 7.79. The molecule has 0 saturated carbocycles. The summed E-state index contributed by atoms with van der Waals surface area (Å²) in [6.45, 7) is 7.52. The number of rotatable bonds is 13. The summed E-state index contributed by atoms with van der Waals surface area (Å²) in [6.07, 6.45) is 0.745. The van der Waals surface area contributed by atoms with Crippen LogP contribution in [0.5, 0.6) is 11.5 Å². The van der Waals surface area contributed by atoms with Crippen molar-refractivity contribution in [1.29, 1.82) is 0 Å². The molecule has 0 saturated heterocycles. The fourth-order valence-electron chi connectivity index (χ4n) is 4.33. The lowest BCUT2D eigenvalue weighted by Gasteiger charge is -2.32. The number of hydrogen-bond acceptors (Lipinski definition) is 6. The molecule has 1 N–H and O–H groups in total. The molecule has 10 heteroatoms. The van der Waals surface area contributed by atoms with Crippen LogP contribution >= 0.6 is 0 Å². The molecule has 0 aromatic heterocycles. The second-order valence-electron chi connectivity index (χ2n) is 9.84. The van der Waals surface area contributed by atoms with Crippen molar-refractivity contribution < 1.29 is 27.5 Å². The largest absolute Gasteiger partial charge is 0.493 e. The van der Waals surface area contributed by atoms with Gasteiger partial charge in [-0.1, -0.05) is 54.4 Å². The number of nitrogens with one attached hydrogen (secondary N) is 1. The van der Waals surface area contributed by atoms with Crippen LogP contribution in [0, 0.1) is 13.8 Å². The summed E-state index contributed by atoms with van der Waals surface area (Å²) < 4.78 is 39.8. The van der Waals surface area contributed by atoms with Gasteiger partial charge < -0.3 is 19.7 Å². The van der Waals surface area contributed by atoms with Gasteiger partial charge in [-0.05, 0) is 57.0 Å². The Hall–Kier alpha value is -4.05. The number of ether oxygens (including phenoxy) is 2. The van der Waals surface area contributed by atoms with Crippen LogP contribution in [-0.2, 0) is 26.2 Å². The third-order valence-electron chi connectivity index (χ3n) is 6.70. The van der Waals surface area contributed by atoms with Crippen molar-refractivity contribution in [2.75, 3.05) is 31.6 Å². The van der Waals surface area contributed by atoms with Gasteiger partial charge in [-0.25, -0.2) is 8.42 Å². The number of carbonyl (C=O) groups is 2. The van der Waals surface area contributed by atoms with E-state index in [9.17, 15) is 18.0 Å². The standard InChI is InChI=1S/C31H39N3O6S/c1-7-17-32-31(36)24(4)33(20-25-10-8-9-23(3)18-25)30(35)21-34(26-13-11-22(2)12-14-26)41(37,38)27-15-16-28(39-5)29(19-27)40-6/h8-16,18-19,24H,7,17,20-21H2,1-6H3,(H,32,36)/t24-/m0/s1. The molecule has 0 bridgehead atoms. The molecule has 41 heavy (non-hydrogen) atoms. The van der Waals surface area contributed by atoms with Gasteiger partial charge in [0.25, 0.3) is 10.0 Å². The summed E-state index contributed by atoms with van der Waals surface area (Å²) in [5.74, 6) is -0.209. The van der Waals surface area contributed by atoms with Crippen LogP contribution in [0.15, 0.2) is 71.6 Å². The van der Waals surface area contributed by atoms with Crippen molar-refractivity contribution in [2.45, 2.75) is 51.6 Å². The summed E-state index contributed by atoms with van der Waals surface area (Å²) in [5.41, 5.74) is 3.09. The molecule has 0 spiro atoms. The Morgan fingerprint density at radius 2 is 1.59 bits per heavy atom. The van der Waals surface area contributed by atoms with E-state index < -0.39 is 28.5 Å². The molecule has 0 unspecified atom stereocenters. The lowest BCUT2D eigenvalue weighted by Crippen LogP contribution is -2.51. The first-order valence-electron chi connectivity index (χ1n) is 13.5. The Morgan fingerprint density at radius 3 is 2.20 bits per heavy atom. The van der Waals surface area contributed by atoms with Crippen LogP contribution in [0.1, 0.15) is 37.0 Å². The minimum Gasteiger partial charge on any atom is -0.493 e. The molecule has 3 rings (SSSR count). The topological polar surface area (TPSA) is 105 Å². The number of sulfonamides is 1. The van der Waals surface area contributed by atoms with E-state index in [0.29, 0.717) is 18.0 Å². The minimum atomic E-state index is -4.24.